The van der Waals surface area contributed by atoms with E-state index >= 15 is 0 Å². The Morgan fingerprint density at radius 1 is 1.19 bits per heavy atom. The third-order valence-electron chi connectivity index (χ3n) is 8.70. The summed E-state index contributed by atoms with van der Waals surface area (Å²) in [5.41, 5.74) is 1.03. The van der Waals surface area contributed by atoms with Gasteiger partial charge in [0.25, 0.3) is 5.91 Å². The smallest absolute Gasteiger partial charge is 0.272 e. The van der Waals surface area contributed by atoms with Gasteiger partial charge in [-0.2, -0.15) is 0 Å². The molecular weight excluding hydrogens is 392 g/mol. The molecule has 2 aromatic heterocycles. The fourth-order valence-electron chi connectivity index (χ4n) is 7.33. The van der Waals surface area contributed by atoms with Crippen molar-refractivity contribution >= 4 is 23.3 Å². The van der Waals surface area contributed by atoms with Gasteiger partial charge in [0.2, 0.25) is 5.91 Å². The van der Waals surface area contributed by atoms with E-state index in [1.165, 1.54) is 32.1 Å². The van der Waals surface area contributed by atoms with E-state index in [-0.39, 0.29) is 29.5 Å². The third-order valence-corrected chi connectivity index (χ3v) is 8.70. The summed E-state index contributed by atoms with van der Waals surface area (Å²) in [5.74, 6) is 2.97. The zero-order chi connectivity index (χ0) is 21.6. The molecule has 0 radical (unpaired) electrons. The zero-order valence-corrected chi connectivity index (χ0v) is 18.1. The van der Waals surface area contributed by atoms with Gasteiger partial charge in [-0.05, 0) is 86.7 Å². The van der Waals surface area contributed by atoms with Crippen LogP contribution in [0, 0.1) is 28.6 Å². The van der Waals surface area contributed by atoms with Crippen LogP contribution in [0.4, 0.5) is 5.82 Å². The minimum Gasteiger partial charge on any atom is -0.394 e. The van der Waals surface area contributed by atoms with Crippen molar-refractivity contribution in [2.45, 2.75) is 57.9 Å². The van der Waals surface area contributed by atoms with E-state index < -0.39 is 5.54 Å². The number of carbonyl (C=O) groups is 2. The predicted molar refractivity (Wildman–Crippen MR) is 115 cm³/mol. The molecule has 3 N–H and O–H groups in total. The Bertz CT molecular complexity index is 1090. The highest BCUT2D eigenvalue weighted by molar-refractivity contribution is 5.94. The van der Waals surface area contributed by atoms with Gasteiger partial charge in [0, 0.05) is 12.6 Å². The van der Waals surface area contributed by atoms with Crippen LogP contribution in [-0.4, -0.2) is 38.5 Å². The van der Waals surface area contributed by atoms with Crippen LogP contribution >= 0.6 is 0 Å². The maximum Gasteiger partial charge on any atom is 0.272 e. The molecule has 6 aliphatic rings. The Kier molecular flexibility index (Phi) is 3.79. The van der Waals surface area contributed by atoms with E-state index in [2.05, 4.69) is 15.6 Å². The quantitative estimate of drug-likeness (QED) is 0.667. The van der Waals surface area contributed by atoms with Crippen molar-refractivity contribution in [3.05, 3.63) is 30.1 Å². The molecule has 3 unspecified atom stereocenters. The Labute approximate surface area is 181 Å². The lowest BCUT2D eigenvalue weighted by Crippen LogP contribution is -2.56. The monoisotopic (exact) mass is 422 g/mol. The van der Waals surface area contributed by atoms with E-state index in [1.807, 2.05) is 18.2 Å². The second-order valence-corrected chi connectivity index (χ2v) is 11.2. The van der Waals surface area contributed by atoms with Gasteiger partial charge in [-0.15, -0.1) is 0 Å². The van der Waals surface area contributed by atoms with Crippen molar-refractivity contribution in [3.63, 3.8) is 0 Å². The number of hydrogen-bond acceptors (Lipinski definition) is 4. The fraction of sp³-hybridized carbons (Fsp3) is 0.625. The molecule has 2 aromatic rings. The van der Waals surface area contributed by atoms with Crippen molar-refractivity contribution in [1.29, 1.82) is 0 Å². The number of rotatable bonds is 6. The molecule has 0 saturated heterocycles. The van der Waals surface area contributed by atoms with Crippen LogP contribution in [0.15, 0.2) is 24.4 Å². The summed E-state index contributed by atoms with van der Waals surface area (Å²) in [6, 6.07) is 5.49. The van der Waals surface area contributed by atoms with E-state index in [9.17, 15) is 14.7 Å². The molecule has 6 saturated carbocycles. The van der Waals surface area contributed by atoms with Crippen molar-refractivity contribution in [1.82, 2.24) is 14.7 Å². The number of fused-ring (bicyclic) bond motifs is 1. The molecule has 6 fully saturated rings. The van der Waals surface area contributed by atoms with Gasteiger partial charge in [-0.25, -0.2) is 4.98 Å². The van der Waals surface area contributed by atoms with Crippen LogP contribution in [0.3, 0.4) is 0 Å². The standard InChI is InChI=1S/C24H30N4O3/c1-22(2,13-29)27-21(31)17-12-28-18(25-17)4-3-5-19(28)26-20(30)11-23-7-14-6-15(8-23)24(14)10-16(24)9-23/h3-5,12,14-16,29H,6-11,13H2,1-2H3,(H,26,30)(H,27,31). The largest absolute Gasteiger partial charge is 0.394 e. The molecule has 2 heterocycles. The Morgan fingerprint density at radius 3 is 2.65 bits per heavy atom. The molecule has 7 heteroatoms. The second kappa shape index (κ2) is 6.09. The summed E-state index contributed by atoms with van der Waals surface area (Å²) >= 11 is 0. The Hall–Kier alpha value is -2.41. The third kappa shape index (κ3) is 2.78. The van der Waals surface area contributed by atoms with Gasteiger partial charge in [-0.3, -0.25) is 14.0 Å². The van der Waals surface area contributed by atoms with Crippen LogP contribution in [0.5, 0.6) is 0 Å². The number of nitrogens with one attached hydrogen (secondary N) is 2. The maximum absolute atomic E-state index is 13.1. The molecule has 3 atom stereocenters. The Balaban J connectivity index is 1.19. The summed E-state index contributed by atoms with van der Waals surface area (Å²) in [7, 11) is 0. The highest BCUT2D eigenvalue weighted by Crippen LogP contribution is 2.85. The van der Waals surface area contributed by atoms with Crippen molar-refractivity contribution in [2.75, 3.05) is 11.9 Å². The molecule has 0 aliphatic heterocycles. The van der Waals surface area contributed by atoms with Crippen LogP contribution in [-0.2, 0) is 4.79 Å². The molecule has 7 nitrogen and oxygen atoms in total. The molecule has 4 bridgehead atoms. The highest BCUT2D eigenvalue weighted by Gasteiger charge is 2.77. The molecule has 0 aromatic carbocycles. The highest BCUT2D eigenvalue weighted by atomic mass is 16.3. The van der Waals surface area contributed by atoms with Gasteiger partial charge in [-0.1, -0.05) is 6.07 Å². The number of aliphatic hydroxyl groups excluding tert-OH is 1. The van der Waals surface area contributed by atoms with Gasteiger partial charge in [0.05, 0.1) is 12.1 Å². The first-order chi connectivity index (χ1) is 14.7. The van der Waals surface area contributed by atoms with Gasteiger partial charge < -0.3 is 15.7 Å². The average molecular weight is 423 g/mol. The number of nitrogens with zero attached hydrogens (tertiary/aromatic N) is 2. The lowest BCUT2D eigenvalue weighted by molar-refractivity contribution is -0.149. The van der Waals surface area contributed by atoms with Crippen molar-refractivity contribution in [2.24, 2.45) is 28.6 Å². The molecular formula is C24H30N4O3. The van der Waals surface area contributed by atoms with Crippen LogP contribution in [0.25, 0.3) is 5.65 Å². The zero-order valence-electron chi connectivity index (χ0n) is 18.1. The molecule has 1 spiro atoms. The van der Waals surface area contributed by atoms with E-state index in [4.69, 9.17) is 0 Å². The molecule has 8 rings (SSSR count). The van der Waals surface area contributed by atoms with Gasteiger partial charge in [0.15, 0.2) is 0 Å². The molecule has 2 amide bonds. The fourth-order valence-corrected chi connectivity index (χ4v) is 7.33. The lowest BCUT2D eigenvalue weighted by atomic mass is 9.41. The maximum atomic E-state index is 13.1. The number of aromatic nitrogens is 2. The number of hydrogen-bond donors (Lipinski definition) is 3. The van der Waals surface area contributed by atoms with Crippen LogP contribution in [0.1, 0.15) is 62.9 Å². The van der Waals surface area contributed by atoms with E-state index in [0.717, 1.165) is 17.8 Å². The first-order valence-corrected chi connectivity index (χ1v) is 11.5. The van der Waals surface area contributed by atoms with Crippen LogP contribution < -0.4 is 10.6 Å². The Morgan fingerprint density at radius 2 is 1.94 bits per heavy atom. The first-order valence-electron chi connectivity index (χ1n) is 11.5. The number of anilines is 1. The topological polar surface area (TPSA) is 95.7 Å². The average Bonchev–Trinajstić information content (AvgIpc) is 3.32. The lowest BCUT2D eigenvalue weighted by Gasteiger charge is -2.63. The molecule has 6 aliphatic carbocycles. The first kappa shape index (κ1) is 19.3. The van der Waals surface area contributed by atoms with Crippen molar-refractivity contribution < 1.29 is 14.7 Å². The van der Waals surface area contributed by atoms with Crippen molar-refractivity contribution in [3.8, 4) is 0 Å². The van der Waals surface area contributed by atoms with E-state index in [0.29, 0.717) is 23.3 Å². The van der Waals surface area contributed by atoms with Gasteiger partial charge in [0.1, 0.15) is 17.2 Å². The summed E-state index contributed by atoms with van der Waals surface area (Å²) in [5, 5.41) is 15.3. The minimum absolute atomic E-state index is 0.0584. The summed E-state index contributed by atoms with van der Waals surface area (Å²) in [4.78, 5) is 30.0. The summed E-state index contributed by atoms with van der Waals surface area (Å²) in [6.45, 7) is 3.33. The van der Waals surface area contributed by atoms with Gasteiger partial charge >= 0.3 is 0 Å². The second-order valence-electron chi connectivity index (χ2n) is 11.2. The number of imidazole rings is 1. The number of pyridine rings is 1. The number of carbonyl (C=O) groups excluding carboxylic acids is 2. The molecule has 164 valence electrons. The van der Waals surface area contributed by atoms with Crippen LogP contribution in [0.2, 0.25) is 0 Å². The minimum atomic E-state index is -0.733. The van der Waals surface area contributed by atoms with E-state index in [1.54, 1.807) is 24.4 Å². The predicted octanol–water partition coefficient (Wildman–Crippen LogP) is 2.99. The number of amides is 2. The normalized spacial score (nSPS) is 34.7. The summed E-state index contributed by atoms with van der Waals surface area (Å²) < 4.78 is 1.75. The summed E-state index contributed by atoms with van der Waals surface area (Å²) in [6.07, 6.45) is 8.73. The molecule has 31 heavy (non-hydrogen) atoms. The SMILES string of the molecule is CC(C)(CO)NC(=O)c1cn2c(NC(=O)CC34CC5CC(C3)C53CC3C4)cccc2n1. The number of aliphatic hydroxyl groups is 1.